The lowest BCUT2D eigenvalue weighted by molar-refractivity contribution is 0.623. The van der Waals surface area contributed by atoms with Crippen LogP contribution in [-0.4, -0.2) is 22.6 Å². The molecule has 0 aromatic carbocycles. The van der Waals surface area contributed by atoms with Crippen LogP contribution >= 0.6 is 0 Å². The van der Waals surface area contributed by atoms with Crippen molar-refractivity contribution in [3.8, 4) is 0 Å². The van der Waals surface area contributed by atoms with Crippen molar-refractivity contribution in [2.45, 2.75) is 32.9 Å². The second kappa shape index (κ2) is 3.92. The number of fused-ring (bicyclic) bond motifs is 1. The molecule has 0 saturated heterocycles. The van der Waals surface area contributed by atoms with Crippen LogP contribution < -0.4 is 10.6 Å². The molecule has 14 heavy (non-hydrogen) atoms. The van der Waals surface area contributed by atoms with Crippen LogP contribution in [0.25, 0.3) is 0 Å². The average molecular weight is 192 g/mol. The van der Waals surface area contributed by atoms with Gasteiger partial charge in [0, 0.05) is 18.2 Å². The third kappa shape index (κ3) is 1.85. The van der Waals surface area contributed by atoms with Crippen LogP contribution in [0.1, 0.15) is 25.1 Å². The van der Waals surface area contributed by atoms with Gasteiger partial charge in [-0.15, -0.1) is 0 Å². The molecule has 2 heterocycles. The predicted octanol–water partition coefficient (Wildman–Crippen LogP) is 0.943. The SMILES string of the molecule is CC(C)Nc1ncnc2c1CCNC2. The summed E-state index contributed by atoms with van der Waals surface area (Å²) in [5.74, 6) is 1.01. The van der Waals surface area contributed by atoms with Crippen molar-refractivity contribution in [1.82, 2.24) is 15.3 Å². The topological polar surface area (TPSA) is 49.8 Å². The third-order valence-electron chi connectivity index (χ3n) is 2.30. The summed E-state index contributed by atoms with van der Waals surface area (Å²) in [4.78, 5) is 8.56. The first-order valence-corrected chi connectivity index (χ1v) is 5.07. The van der Waals surface area contributed by atoms with Gasteiger partial charge in [-0.25, -0.2) is 9.97 Å². The Labute approximate surface area is 84.2 Å². The minimum atomic E-state index is 0.420. The molecule has 0 atom stereocenters. The van der Waals surface area contributed by atoms with E-state index in [-0.39, 0.29) is 0 Å². The molecule has 0 amide bonds. The molecule has 76 valence electrons. The lowest BCUT2D eigenvalue weighted by Gasteiger charge is -2.20. The summed E-state index contributed by atoms with van der Waals surface area (Å²) in [7, 11) is 0. The number of aromatic nitrogens is 2. The Bertz CT molecular complexity index is 322. The molecule has 4 heteroatoms. The molecule has 0 aliphatic carbocycles. The van der Waals surface area contributed by atoms with Gasteiger partial charge in [-0.2, -0.15) is 0 Å². The smallest absolute Gasteiger partial charge is 0.133 e. The van der Waals surface area contributed by atoms with Gasteiger partial charge in [0.05, 0.1) is 5.69 Å². The number of hydrogen-bond acceptors (Lipinski definition) is 4. The monoisotopic (exact) mass is 192 g/mol. The first-order chi connectivity index (χ1) is 6.77. The molecular formula is C10H16N4. The van der Waals surface area contributed by atoms with Crippen LogP contribution in [0.2, 0.25) is 0 Å². The van der Waals surface area contributed by atoms with E-state index in [0.29, 0.717) is 6.04 Å². The molecule has 1 aliphatic rings. The number of hydrogen-bond donors (Lipinski definition) is 2. The van der Waals surface area contributed by atoms with Crippen molar-refractivity contribution < 1.29 is 0 Å². The van der Waals surface area contributed by atoms with E-state index in [0.717, 1.165) is 31.0 Å². The van der Waals surface area contributed by atoms with Crippen molar-refractivity contribution in [1.29, 1.82) is 0 Å². The molecular weight excluding hydrogens is 176 g/mol. The zero-order valence-electron chi connectivity index (χ0n) is 8.67. The summed E-state index contributed by atoms with van der Waals surface area (Å²) < 4.78 is 0. The largest absolute Gasteiger partial charge is 0.368 e. The van der Waals surface area contributed by atoms with E-state index < -0.39 is 0 Å². The molecule has 1 aromatic rings. The molecule has 0 bridgehead atoms. The number of anilines is 1. The predicted molar refractivity (Wildman–Crippen MR) is 56.2 cm³/mol. The summed E-state index contributed by atoms with van der Waals surface area (Å²) in [5, 5.41) is 6.66. The molecule has 0 unspecified atom stereocenters. The highest BCUT2D eigenvalue weighted by atomic mass is 15.0. The van der Waals surface area contributed by atoms with Gasteiger partial charge in [0.2, 0.25) is 0 Å². The fourth-order valence-electron chi connectivity index (χ4n) is 1.68. The van der Waals surface area contributed by atoms with Crippen molar-refractivity contribution in [2.75, 3.05) is 11.9 Å². The Morgan fingerprint density at radius 1 is 1.43 bits per heavy atom. The molecule has 0 radical (unpaired) electrons. The maximum absolute atomic E-state index is 4.28. The van der Waals surface area contributed by atoms with Crippen molar-refractivity contribution in [3.05, 3.63) is 17.6 Å². The Morgan fingerprint density at radius 3 is 3.07 bits per heavy atom. The molecule has 1 aliphatic heterocycles. The minimum Gasteiger partial charge on any atom is -0.368 e. The van der Waals surface area contributed by atoms with Crippen molar-refractivity contribution in [2.24, 2.45) is 0 Å². The zero-order valence-corrected chi connectivity index (χ0v) is 8.67. The molecule has 4 nitrogen and oxygen atoms in total. The highest BCUT2D eigenvalue weighted by Gasteiger charge is 2.14. The quantitative estimate of drug-likeness (QED) is 0.732. The maximum atomic E-state index is 4.28. The van der Waals surface area contributed by atoms with Crippen LogP contribution in [0.3, 0.4) is 0 Å². The van der Waals surface area contributed by atoms with E-state index in [1.165, 1.54) is 5.56 Å². The summed E-state index contributed by atoms with van der Waals surface area (Å²) in [6.45, 7) is 6.13. The highest BCUT2D eigenvalue weighted by Crippen LogP contribution is 2.18. The lowest BCUT2D eigenvalue weighted by Crippen LogP contribution is -2.27. The summed E-state index contributed by atoms with van der Waals surface area (Å²) >= 11 is 0. The summed E-state index contributed by atoms with van der Waals surface area (Å²) in [5.41, 5.74) is 2.41. The molecule has 2 rings (SSSR count). The molecule has 2 N–H and O–H groups in total. The van der Waals surface area contributed by atoms with E-state index in [1.807, 2.05) is 0 Å². The third-order valence-corrected chi connectivity index (χ3v) is 2.30. The Kier molecular flexibility index (Phi) is 2.63. The molecule has 0 spiro atoms. The van der Waals surface area contributed by atoms with Crippen molar-refractivity contribution in [3.63, 3.8) is 0 Å². The van der Waals surface area contributed by atoms with Gasteiger partial charge >= 0.3 is 0 Å². The Hall–Kier alpha value is -1.16. The summed E-state index contributed by atoms with van der Waals surface area (Å²) in [6.07, 6.45) is 2.65. The Morgan fingerprint density at radius 2 is 2.29 bits per heavy atom. The molecule has 1 aromatic heterocycles. The number of nitrogens with zero attached hydrogens (tertiary/aromatic N) is 2. The van der Waals surface area contributed by atoms with Gasteiger partial charge in [-0.1, -0.05) is 0 Å². The maximum Gasteiger partial charge on any atom is 0.133 e. The highest BCUT2D eigenvalue weighted by molar-refractivity contribution is 5.47. The Balaban J connectivity index is 2.30. The second-order valence-electron chi connectivity index (χ2n) is 3.87. The van der Waals surface area contributed by atoms with Gasteiger partial charge in [-0.3, -0.25) is 0 Å². The van der Waals surface area contributed by atoms with E-state index in [4.69, 9.17) is 0 Å². The second-order valence-corrected chi connectivity index (χ2v) is 3.87. The standard InChI is InChI=1S/C10H16N4/c1-7(2)14-10-8-3-4-11-5-9(8)12-6-13-10/h6-7,11H,3-5H2,1-2H3,(H,12,13,14). The van der Waals surface area contributed by atoms with E-state index in [2.05, 4.69) is 34.4 Å². The lowest BCUT2D eigenvalue weighted by atomic mass is 10.1. The number of rotatable bonds is 2. The first-order valence-electron chi connectivity index (χ1n) is 5.07. The molecule has 0 saturated carbocycles. The fraction of sp³-hybridized carbons (Fsp3) is 0.600. The van der Waals surface area contributed by atoms with Crippen LogP contribution in [-0.2, 0) is 13.0 Å². The average Bonchev–Trinajstić information content (AvgIpc) is 2.18. The zero-order chi connectivity index (χ0) is 9.97. The van der Waals surface area contributed by atoms with Gasteiger partial charge < -0.3 is 10.6 Å². The van der Waals surface area contributed by atoms with Gasteiger partial charge in [0.25, 0.3) is 0 Å². The van der Waals surface area contributed by atoms with E-state index in [1.54, 1.807) is 6.33 Å². The van der Waals surface area contributed by atoms with Gasteiger partial charge in [-0.05, 0) is 26.8 Å². The first kappa shape index (κ1) is 9.40. The normalized spacial score (nSPS) is 15.4. The summed E-state index contributed by atoms with van der Waals surface area (Å²) in [6, 6.07) is 0.420. The van der Waals surface area contributed by atoms with Crippen molar-refractivity contribution >= 4 is 5.82 Å². The minimum absolute atomic E-state index is 0.420. The van der Waals surface area contributed by atoms with Crippen LogP contribution in [0.4, 0.5) is 5.82 Å². The van der Waals surface area contributed by atoms with Gasteiger partial charge in [0.1, 0.15) is 12.1 Å². The van der Waals surface area contributed by atoms with Crippen LogP contribution in [0, 0.1) is 0 Å². The fourth-order valence-corrected chi connectivity index (χ4v) is 1.68. The van der Waals surface area contributed by atoms with Gasteiger partial charge in [0.15, 0.2) is 0 Å². The van der Waals surface area contributed by atoms with Crippen LogP contribution in [0.5, 0.6) is 0 Å². The molecule has 0 fully saturated rings. The number of nitrogens with one attached hydrogen (secondary N) is 2. The van der Waals surface area contributed by atoms with E-state index in [9.17, 15) is 0 Å². The van der Waals surface area contributed by atoms with E-state index >= 15 is 0 Å². The van der Waals surface area contributed by atoms with Crippen LogP contribution in [0.15, 0.2) is 6.33 Å².